The van der Waals surface area contributed by atoms with E-state index < -0.39 is 0 Å². The first kappa shape index (κ1) is 15.1. The molecule has 124 valence electrons. The third-order valence-corrected chi connectivity index (χ3v) is 4.54. The van der Waals surface area contributed by atoms with Crippen LogP contribution in [0.1, 0.15) is 28.8 Å². The number of fused-ring (bicyclic) bond motifs is 1. The van der Waals surface area contributed by atoms with Crippen LogP contribution in [0.4, 0.5) is 11.6 Å². The second-order valence-corrected chi connectivity index (χ2v) is 6.15. The van der Waals surface area contributed by atoms with Crippen molar-refractivity contribution in [2.75, 3.05) is 29.9 Å². The Morgan fingerprint density at radius 2 is 2.12 bits per heavy atom. The van der Waals surface area contributed by atoms with Crippen LogP contribution in [0.5, 0.6) is 0 Å². The zero-order valence-corrected chi connectivity index (χ0v) is 13.4. The van der Waals surface area contributed by atoms with E-state index in [1.54, 1.807) is 17.3 Å². The van der Waals surface area contributed by atoms with E-state index in [0.717, 1.165) is 31.6 Å². The minimum absolute atomic E-state index is 0.0503. The van der Waals surface area contributed by atoms with Crippen LogP contribution in [0.25, 0.3) is 0 Å². The maximum atomic E-state index is 12.7. The molecule has 0 radical (unpaired) electrons. The van der Waals surface area contributed by atoms with Crippen molar-refractivity contribution in [1.29, 1.82) is 0 Å². The number of rotatable bonds is 4. The highest BCUT2D eigenvalue weighted by molar-refractivity contribution is 6.06. The molecule has 6 nitrogen and oxygen atoms in total. The summed E-state index contributed by atoms with van der Waals surface area (Å²) in [5.74, 6) is 0.481. The molecular formula is C18H20N4O2. The fraction of sp³-hybridized carbons (Fsp3) is 0.389. The molecule has 0 bridgehead atoms. The van der Waals surface area contributed by atoms with Gasteiger partial charge in [-0.15, -0.1) is 0 Å². The SMILES string of the molecule is O=C(c1cnc(NCC2CCCO2)nc1)N1CCc2ccccc21. The maximum Gasteiger partial charge on any atom is 0.261 e. The summed E-state index contributed by atoms with van der Waals surface area (Å²) in [6.45, 7) is 2.24. The van der Waals surface area contributed by atoms with E-state index in [1.807, 2.05) is 18.2 Å². The summed E-state index contributed by atoms with van der Waals surface area (Å²) >= 11 is 0. The molecule has 24 heavy (non-hydrogen) atoms. The van der Waals surface area contributed by atoms with Gasteiger partial charge in [-0.05, 0) is 30.9 Å². The van der Waals surface area contributed by atoms with Gasteiger partial charge >= 0.3 is 0 Å². The minimum Gasteiger partial charge on any atom is -0.376 e. The molecule has 0 spiro atoms. The number of nitrogens with zero attached hydrogens (tertiary/aromatic N) is 3. The second-order valence-electron chi connectivity index (χ2n) is 6.15. The van der Waals surface area contributed by atoms with Crippen LogP contribution < -0.4 is 10.2 Å². The Balaban J connectivity index is 1.42. The average Bonchev–Trinajstić information content (AvgIpc) is 3.29. The summed E-state index contributed by atoms with van der Waals surface area (Å²) in [5, 5.41) is 3.17. The molecule has 6 heteroatoms. The number of benzene rings is 1. The van der Waals surface area contributed by atoms with Crippen molar-refractivity contribution >= 4 is 17.5 Å². The van der Waals surface area contributed by atoms with E-state index >= 15 is 0 Å². The van der Waals surface area contributed by atoms with E-state index in [1.165, 1.54) is 5.56 Å². The number of para-hydroxylation sites is 1. The van der Waals surface area contributed by atoms with Gasteiger partial charge < -0.3 is 15.0 Å². The lowest BCUT2D eigenvalue weighted by atomic mass is 10.2. The highest BCUT2D eigenvalue weighted by Gasteiger charge is 2.25. The number of carbonyl (C=O) groups is 1. The molecule has 3 heterocycles. The van der Waals surface area contributed by atoms with Gasteiger partial charge in [-0.3, -0.25) is 4.79 Å². The molecular weight excluding hydrogens is 304 g/mol. The number of hydrogen-bond acceptors (Lipinski definition) is 5. The van der Waals surface area contributed by atoms with Gasteiger partial charge in [0.05, 0.1) is 11.7 Å². The van der Waals surface area contributed by atoms with E-state index in [0.29, 0.717) is 24.6 Å². The maximum absolute atomic E-state index is 12.7. The van der Waals surface area contributed by atoms with Crippen LogP contribution in [0, 0.1) is 0 Å². The summed E-state index contributed by atoms with van der Waals surface area (Å²) in [6, 6.07) is 8.01. The predicted molar refractivity (Wildman–Crippen MR) is 91.3 cm³/mol. The molecule has 2 aliphatic rings. The Bertz CT molecular complexity index is 726. The monoisotopic (exact) mass is 324 g/mol. The molecule has 0 saturated carbocycles. The van der Waals surface area contributed by atoms with Crippen LogP contribution in [0.3, 0.4) is 0 Å². The number of anilines is 2. The van der Waals surface area contributed by atoms with Crippen molar-refractivity contribution in [2.45, 2.75) is 25.4 Å². The molecule has 4 rings (SSSR count). The second kappa shape index (κ2) is 6.57. The van der Waals surface area contributed by atoms with Gasteiger partial charge in [0.15, 0.2) is 0 Å². The van der Waals surface area contributed by atoms with Crippen molar-refractivity contribution in [1.82, 2.24) is 9.97 Å². The largest absolute Gasteiger partial charge is 0.376 e. The molecule has 1 aromatic carbocycles. The Morgan fingerprint density at radius 3 is 2.92 bits per heavy atom. The highest BCUT2D eigenvalue weighted by atomic mass is 16.5. The van der Waals surface area contributed by atoms with Gasteiger partial charge in [0.25, 0.3) is 5.91 Å². The van der Waals surface area contributed by atoms with Crippen molar-refractivity contribution < 1.29 is 9.53 Å². The molecule has 1 amide bonds. The van der Waals surface area contributed by atoms with E-state index in [-0.39, 0.29) is 12.0 Å². The number of amides is 1. The van der Waals surface area contributed by atoms with Gasteiger partial charge in [-0.25, -0.2) is 9.97 Å². The minimum atomic E-state index is -0.0503. The lowest BCUT2D eigenvalue weighted by molar-refractivity contribution is 0.0988. The van der Waals surface area contributed by atoms with Gasteiger partial charge in [-0.1, -0.05) is 18.2 Å². The average molecular weight is 324 g/mol. The van der Waals surface area contributed by atoms with Gasteiger partial charge in [0.2, 0.25) is 5.95 Å². The fourth-order valence-electron chi connectivity index (χ4n) is 3.25. The highest BCUT2D eigenvalue weighted by Crippen LogP contribution is 2.28. The first-order valence-electron chi connectivity index (χ1n) is 8.38. The van der Waals surface area contributed by atoms with E-state index in [9.17, 15) is 4.79 Å². The Morgan fingerprint density at radius 1 is 1.29 bits per heavy atom. The molecule has 1 unspecified atom stereocenters. The Hall–Kier alpha value is -2.47. The summed E-state index contributed by atoms with van der Waals surface area (Å²) in [5.41, 5.74) is 2.71. The molecule has 1 N–H and O–H groups in total. The first-order chi connectivity index (χ1) is 11.8. The number of aromatic nitrogens is 2. The predicted octanol–water partition coefficient (Wildman–Crippen LogP) is 2.27. The number of carbonyl (C=O) groups excluding carboxylic acids is 1. The third-order valence-electron chi connectivity index (χ3n) is 4.54. The molecule has 1 saturated heterocycles. The Kier molecular flexibility index (Phi) is 4.13. The summed E-state index contributed by atoms with van der Waals surface area (Å²) in [6.07, 6.45) is 6.48. The topological polar surface area (TPSA) is 67.3 Å². The number of nitrogens with one attached hydrogen (secondary N) is 1. The third kappa shape index (κ3) is 2.97. The lowest BCUT2D eigenvalue weighted by Gasteiger charge is -2.17. The first-order valence-corrected chi connectivity index (χ1v) is 8.38. The molecule has 0 aliphatic carbocycles. The molecule has 1 atom stereocenters. The summed E-state index contributed by atoms with van der Waals surface area (Å²) in [4.78, 5) is 23.0. The van der Waals surface area contributed by atoms with Crippen molar-refractivity contribution in [3.05, 3.63) is 47.8 Å². The van der Waals surface area contributed by atoms with Gasteiger partial charge in [0.1, 0.15) is 0 Å². The fourth-order valence-corrected chi connectivity index (χ4v) is 3.25. The van der Waals surface area contributed by atoms with Crippen molar-refractivity contribution in [2.24, 2.45) is 0 Å². The molecule has 2 aromatic rings. The van der Waals surface area contributed by atoms with Crippen LogP contribution in [0.15, 0.2) is 36.7 Å². The van der Waals surface area contributed by atoms with Crippen molar-refractivity contribution in [3.8, 4) is 0 Å². The number of hydrogen-bond donors (Lipinski definition) is 1. The molecule has 1 aromatic heterocycles. The Labute approximate surface area is 140 Å². The number of ether oxygens (including phenoxy) is 1. The van der Waals surface area contributed by atoms with Crippen molar-refractivity contribution in [3.63, 3.8) is 0 Å². The zero-order valence-electron chi connectivity index (χ0n) is 13.4. The smallest absolute Gasteiger partial charge is 0.261 e. The molecule has 1 fully saturated rings. The summed E-state index contributed by atoms with van der Waals surface area (Å²) < 4.78 is 5.56. The van der Waals surface area contributed by atoms with Crippen LogP contribution in [-0.2, 0) is 11.2 Å². The quantitative estimate of drug-likeness (QED) is 0.934. The molecule has 2 aliphatic heterocycles. The zero-order chi connectivity index (χ0) is 16.4. The summed E-state index contributed by atoms with van der Waals surface area (Å²) in [7, 11) is 0. The van der Waals surface area contributed by atoms with Gasteiger partial charge in [-0.2, -0.15) is 0 Å². The van der Waals surface area contributed by atoms with E-state index in [2.05, 4.69) is 21.4 Å². The van der Waals surface area contributed by atoms with E-state index in [4.69, 9.17) is 4.74 Å². The van der Waals surface area contributed by atoms with Gasteiger partial charge in [0, 0.05) is 37.8 Å². The van der Waals surface area contributed by atoms with Crippen LogP contribution in [-0.4, -0.2) is 41.7 Å². The van der Waals surface area contributed by atoms with Crippen LogP contribution in [0.2, 0.25) is 0 Å². The normalized spacial score (nSPS) is 19.3. The van der Waals surface area contributed by atoms with Crippen LogP contribution >= 0.6 is 0 Å². The lowest BCUT2D eigenvalue weighted by Crippen LogP contribution is -2.29. The standard InChI is InChI=1S/C18H20N4O2/c23-17(22-8-7-13-4-1-2-6-16(13)22)14-10-19-18(20-11-14)21-12-15-5-3-9-24-15/h1-2,4,6,10-11,15H,3,5,7-9,12H2,(H,19,20,21).